The number of rotatable bonds is 8. The molecule has 0 bridgehead atoms. The highest BCUT2D eigenvalue weighted by Gasteiger charge is 2.10. The minimum atomic E-state index is -0.143. The average molecular weight is 339 g/mol. The van der Waals surface area contributed by atoms with E-state index in [1.165, 1.54) is 0 Å². The van der Waals surface area contributed by atoms with E-state index >= 15 is 0 Å². The molecule has 2 amide bonds. The predicted molar refractivity (Wildman–Crippen MR) is 100 cm³/mol. The first kappa shape index (κ1) is 18.7. The Hall–Kier alpha value is -2.66. The average Bonchev–Trinajstić information content (AvgIpc) is 2.62. The molecule has 0 saturated heterocycles. The van der Waals surface area contributed by atoms with Crippen molar-refractivity contribution in [3.8, 4) is 0 Å². The zero-order chi connectivity index (χ0) is 18.1. The van der Waals surface area contributed by atoms with Gasteiger partial charge in [-0.3, -0.25) is 9.59 Å². The molecule has 2 aromatic rings. The number of benzene rings is 2. The Morgan fingerprint density at radius 3 is 2.52 bits per heavy atom. The monoisotopic (exact) mass is 339 g/mol. The van der Waals surface area contributed by atoms with Crippen LogP contribution in [0.3, 0.4) is 0 Å². The van der Waals surface area contributed by atoms with Crippen molar-refractivity contribution in [2.45, 2.75) is 32.9 Å². The van der Waals surface area contributed by atoms with E-state index in [9.17, 15) is 9.59 Å². The van der Waals surface area contributed by atoms with Gasteiger partial charge < -0.3 is 16.0 Å². The van der Waals surface area contributed by atoms with E-state index in [2.05, 4.69) is 16.0 Å². The van der Waals surface area contributed by atoms with Crippen molar-refractivity contribution in [2.75, 3.05) is 11.9 Å². The number of hydrogen-bond donors (Lipinski definition) is 3. The molecule has 2 aromatic carbocycles. The fourth-order valence-electron chi connectivity index (χ4n) is 2.27. The van der Waals surface area contributed by atoms with Crippen LogP contribution < -0.4 is 16.0 Å². The first-order valence-electron chi connectivity index (χ1n) is 8.54. The lowest BCUT2D eigenvalue weighted by Crippen LogP contribution is -2.32. The van der Waals surface area contributed by atoms with Gasteiger partial charge in [-0.25, -0.2) is 0 Å². The summed E-state index contributed by atoms with van der Waals surface area (Å²) < 4.78 is 0. The minimum absolute atomic E-state index is 0.118. The van der Waals surface area contributed by atoms with Gasteiger partial charge >= 0.3 is 0 Å². The van der Waals surface area contributed by atoms with Crippen LogP contribution in [0.25, 0.3) is 0 Å². The Kier molecular flexibility index (Phi) is 7.16. The maximum absolute atomic E-state index is 12.1. The number of hydrogen-bond acceptors (Lipinski definition) is 3. The highest BCUT2D eigenvalue weighted by atomic mass is 16.2. The Morgan fingerprint density at radius 2 is 1.80 bits per heavy atom. The van der Waals surface area contributed by atoms with Crippen molar-refractivity contribution in [1.82, 2.24) is 10.6 Å². The molecule has 0 fully saturated rings. The number of amides is 2. The van der Waals surface area contributed by atoms with Crippen molar-refractivity contribution in [3.63, 3.8) is 0 Å². The highest BCUT2D eigenvalue weighted by Crippen LogP contribution is 2.11. The van der Waals surface area contributed by atoms with Crippen molar-refractivity contribution in [1.29, 1.82) is 0 Å². The summed E-state index contributed by atoms with van der Waals surface area (Å²) in [6.07, 6.45) is 0.870. The molecule has 0 aliphatic carbocycles. The van der Waals surface area contributed by atoms with Crippen LogP contribution in [0.15, 0.2) is 54.6 Å². The van der Waals surface area contributed by atoms with Gasteiger partial charge in [0.1, 0.15) is 0 Å². The third kappa shape index (κ3) is 6.39. The van der Waals surface area contributed by atoms with E-state index < -0.39 is 0 Å². The van der Waals surface area contributed by atoms with Gasteiger partial charge in [0, 0.05) is 23.8 Å². The summed E-state index contributed by atoms with van der Waals surface area (Å²) in [5, 5.41) is 8.83. The molecule has 1 atom stereocenters. The first-order valence-corrected chi connectivity index (χ1v) is 8.54. The molecular formula is C20H25N3O2. The van der Waals surface area contributed by atoms with Crippen molar-refractivity contribution in [3.05, 3.63) is 65.7 Å². The maximum atomic E-state index is 12.1. The predicted octanol–water partition coefficient (Wildman–Crippen LogP) is 2.94. The Bertz CT molecular complexity index is 701. The van der Waals surface area contributed by atoms with Crippen LogP contribution in [0.5, 0.6) is 0 Å². The third-order valence-corrected chi connectivity index (χ3v) is 3.86. The van der Waals surface area contributed by atoms with Crippen LogP contribution in [0.4, 0.5) is 5.69 Å². The van der Waals surface area contributed by atoms with Crippen LogP contribution >= 0.6 is 0 Å². The second kappa shape index (κ2) is 9.59. The van der Waals surface area contributed by atoms with Gasteiger partial charge in [0.25, 0.3) is 5.91 Å². The summed E-state index contributed by atoms with van der Waals surface area (Å²) >= 11 is 0. The fraction of sp³-hybridized carbons (Fsp3) is 0.300. The van der Waals surface area contributed by atoms with E-state index in [1.807, 2.05) is 44.2 Å². The van der Waals surface area contributed by atoms with Gasteiger partial charge in [-0.05, 0) is 37.1 Å². The molecule has 132 valence electrons. The molecular weight excluding hydrogens is 314 g/mol. The molecule has 0 saturated carbocycles. The lowest BCUT2D eigenvalue weighted by molar-refractivity contribution is -0.115. The lowest BCUT2D eigenvalue weighted by atomic mass is 10.1. The van der Waals surface area contributed by atoms with E-state index in [4.69, 9.17) is 0 Å². The Labute approximate surface area is 148 Å². The second-order valence-corrected chi connectivity index (χ2v) is 6.00. The van der Waals surface area contributed by atoms with Gasteiger partial charge in [0.05, 0.1) is 6.54 Å². The molecule has 0 heterocycles. The standard InChI is InChI=1S/C20H25N3O2/c1-3-15(2)22-20(25)17-10-7-11-18(12-17)23-19(24)14-21-13-16-8-5-4-6-9-16/h4-12,15,21H,3,13-14H2,1-2H3,(H,22,25)(H,23,24). The SMILES string of the molecule is CCC(C)NC(=O)c1cccc(NC(=O)CNCc2ccccc2)c1. The van der Waals surface area contributed by atoms with E-state index in [1.54, 1.807) is 24.3 Å². The quantitative estimate of drug-likeness (QED) is 0.692. The number of carbonyl (C=O) groups excluding carboxylic acids is 2. The largest absolute Gasteiger partial charge is 0.350 e. The first-order chi connectivity index (χ1) is 12.1. The summed E-state index contributed by atoms with van der Waals surface area (Å²) in [4.78, 5) is 24.2. The topological polar surface area (TPSA) is 70.2 Å². The summed E-state index contributed by atoms with van der Waals surface area (Å²) in [6.45, 7) is 4.82. The Balaban J connectivity index is 1.84. The minimum Gasteiger partial charge on any atom is -0.350 e. The van der Waals surface area contributed by atoms with Crippen molar-refractivity contribution >= 4 is 17.5 Å². The molecule has 2 rings (SSSR count). The fourth-order valence-corrected chi connectivity index (χ4v) is 2.27. The van der Waals surface area contributed by atoms with Gasteiger partial charge in [0.15, 0.2) is 0 Å². The maximum Gasteiger partial charge on any atom is 0.251 e. The van der Waals surface area contributed by atoms with Crippen LogP contribution in [0.1, 0.15) is 36.2 Å². The molecule has 1 unspecified atom stereocenters. The van der Waals surface area contributed by atoms with Crippen LogP contribution in [0.2, 0.25) is 0 Å². The number of anilines is 1. The zero-order valence-corrected chi connectivity index (χ0v) is 14.7. The molecule has 0 aromatic heterocycles. The molecule has 5 heteroatoms. The summed E-state index contributed by atoms with van der Waals surface area (Å²) in [6, 6.07) is 17.0. The molecule has 0 spiro atoms. The normalized spacial score (nSPS) is 11.6. The Morgan fingerprint density at radius 1 is 1.04 bits per heavy atom. The van der Waals surface area contributed by atoms with E-state index in [0.717, 1.165) is 12.0 Å². The molecule has 0 aliphatic rings. The van der Waals surface area contributed by atoms with Crippen molar-refractivity contribution < 1.29 is 9.59 Å². The van der Waals surface area contributed by atoms with Gasteiger partial charge in [0.2, 0.25) is 5.91 Å². The molecule has 0 radical (unpaired) electrons. The summed E-state index contributed by atoms with van der Waals surface area (Å²) in [5.41, 5.74) is 2.28. The van der Waals surface area contributed by atoms with Crippen LogP contribution in [-0.2, 0) is 11.3 Å². The van der Waals surface area contributed by atoms with E-state index in [0.29, 0.717) is 17.8 Å². The van der Waals surface area contributed by atoms with Gasteiger partial charge in [-0.15, -0.1) is 0 Å². The number of nitrogens with one attached hydrogen (secondary N) is 3. The third-order valence-electron chi connectivity index (χ3n) is 3.86. The van der Waals surface area contributed by atoms with Gasteiger partial charge in [-0.1, -0.05) is 43.3 Å². The number of carbonyl (C=O) groups is 2. The van der Waals surface area contributed by atoms with Crippen LogP contribution in [-0.4, -0.2) is 24.4 Å². The van der Waals surface area contributed by atoms with Crippen LogP contribution in [0, 0.1) is 0 Å². The zero-order valence-electron chi connectivity index (χ0n) is 14.7. The van der Waals surface area contributed by atoms with Gasteiger partial charge in [-0.2, -0.15) is 0 Å². The summed E-state index contributed by atoms with van der Waals surface area (Å²) in [7, 11) is 0. The van der Waals surface area contributed by atoms with E-state index in [-0.39, 0.29) is 24.4 Å². The van der Waals surface area contributed by atoms with Crippen molar-refractivity contribution in [2.24, 2.45) is 0 Å². The summed E-state index contributed by atoms with van der Waals surface area (Å²) in [5.74, 6) is -0.275. The lowest BCUT2D eigenvalue weighted by Gasteiger charge is -2.12. The second-order valence-electron chi connectivity index (χ2n) is 6.00. The molecule has 3 N–H and O–H groups in total. The molecule has 5 nitrogen and oxygen atoms in total. The molecule has 0 aliphatic heterocycles. The smallest absolute Gasteiger partial charge is 0.251 e. The molecule has 25 heavy (non-hydrogen) atoms. The highest BCUT2D eigenvalue weighted by molar-refractivity contribution is 5.97.